The molecule has 21 heavy (non-hydrogen) atoms. The number of rotatable bonds is 1. The Balaban J connectivity index is 1.75. The van der Waals surface area contributed by atoms with Gasteiger partial charge in [-0.25, -0.2) is 0 Å². The number of hydrogen-bond acceptors (Lipinski definition) is 3. The molecule has 2 heterocycles. The molecule has 0 N–H and O–H groups in total. The molecule has 0 radical (unpaired) electrons. The van der Waals surface area contributed by atoms with Crippen molar-refractivity contribution in [3.8, 4) is 0 Å². The van der Waals surface area contributed by atoms with E-state index in [1.54, 1.807) is 11.3 Å². The van der Waals surface area contributed by atoms with Crippen LogP contribution in [0.25, 0.3) is 0 Å². The van der Waals surface area contributed by atoms with Crippen LogP contribution in [-0.4, -0.2) is 12.0 Å². The summed E-state index contributed by atoms with van der Waals surface area (Å²) in [5, 5.41) is 0. The van der Waals surface area contributed by atoms with Gasteiger partial charge in [0.2, 0.25) is 0 Å². The molecule has 1 aliphatic heterocycles. The number of ketones is 1. The molecule has 106 valence electrons. The van der Waals surface area contributed by atoms with Gasteiger partial charge in [-0.2, -0.15) is 0 Å². The van der Waals surface area contributed by atoms with Crippen LogP contribution in [-0.2, 0) is 10.2 Å². The summed E-state index contributed by atoms with van der Waals surface area (Å²) in [5.74, 6) is 0.688. The lowest BCUT2D eigenvalue weighted by atomic mass is 9.66. The molecule has 2 unspecified atom stereocenters. The smallest absolute Gasteiger partial charge is 0.148 e. The number of halogens is 1. The third kappa shape index (κ3) is 1.99. The fraction of sp³-hybridized carbons (Fsp3) is 0.294. The molecule has 2 aliphatic rings. The largest absolute Gasteiger partial charge is 0.298 e. The van der Waals surface area contributed by atoms with E-state index in [4.69, 9.17) is 11.6 Å². The van der Waals surface area contributed by atoms with Crippen LogP contribution in [0.5, 0.6) is 0 Å². The lowest BCUT2D eigenvalue weighted by Gasteiger charge is -2.35. The summed E-state index contributed by atoms with van der Waals surface area (Å²) in [4.78, 5) is 18.4. The predicted octanol–water partition coefficient (Wildman–Crippen LogP) is 4.89. The summed E-state index contributed by atoms with van der Waals surface area (Å²) < 4.78 is 0.816. The lowest BCUT2D eigenvalue weighted by molar-refractivity contribution is -0.124. The van der Waals surface area contributed by atoms with Crippen LogP contribution in [0.1, 0.15) is 35.6 Å². The maximum absolute atomic E-state index is 12.6. The molecule has 1 saturated carbocycles. The lowest BCUT2D eigenvalue weighted by Crippen LogP contribution is -2.40. The predicted molar refractivity (Wildman–Crippen MR) is 87.2 cm³/mol. The van der Waals surface area contributed by atoms with Crippen molar-refractivity contribution in [2.75, 3.05) is 0 Å². The highest BCUT2D eigenvalue weighted by atomic mass is 35.5. The van der Waals surface area contributed by atoms with E-state index >= 15 is 0 Å². The average Bonchev–Trinajstić information content (AvgIpc) is 3.08. The number of hydrogen-bond donors (Lipinski definition) is 0. The highest BCUT2D eigenvalue weighted by Crippen LogP contribution is 2.49. The van der Waals surface area contributed by atoms with E-state index in [1.807, 2.05) is 36.5 Å². The van der Waals surface area contributed by atoms with Crippen LogP contribution in [0.4, 0.5) is 5.69 Å². The van der Waals surface area contributed by atoms with Crippen LogP contribution in [0, 0.1) is 0 Å². The molecular weight excluding hydrogens is 302 g/mol. The number of benzene rings is 1. The molecule has 1 aromatic carbocycles. The number of carbonyl (C=O) groups excluding carboxylic acids is 1. The van der Waals surface area contributed by atoms with Crippen molar-refractivity contribution in [3.05, 3.63) is 51.2 Å². The first-order valence-corrected chi connectivity index (χ1v) is 8.32. The van der Waals surface area contributed by atoms with Gasteiger partial charge in [-0.05, 0) is 42.5 Å². The normalized spacial score (nSPS) is 27.3. The van der Waals surface area contributed by atoms with Crippen molar-refractivity contribution < 1.29 is 4.79 Å². The standard InChI is InChI=1S/C17H14ClNOS/c18-16-8-6-14(21-16)11-5-7-15(20)17(9-11)10-19-13-4-2-1-3-12(13)17/h1-4,6,8,10-11H,5,7,9H2. The van der Waals surface area contributed by atoms with E-state index < -0.39 is 5.41 Å². The fourth-order valence-electron chi connectivity index (χ4n) is 3.52. The van der Waals surface area contributed by atoms with Crippen LogP contribution < -0.4 is 0 Å². The van der Waals surface area contributed by atoms with Crippen LogP contribution >= 0.6 is 22.9 Å². The fourth-order valence-corrected chi connectivity index (χ4v) is 4.72. The maximum atomic E-state index is 12.6. The second-order valence-electron chi connectivity index (χ2n) is 5.75. The first-order chi connectivity index (χ1) is 10.2. The average molecular weight is 316 g/mol. The van der Waals surface area contributed by atoms with Gasteiger partial charge in [-0.15, -0.1) is 11.3 Å². The Morgan fingerprint density at radius 3 is 2.90 bits per heavy atom. The Labute approximate surface area is 132 Å². The highest BCUT2D eigenvalue weighted by Gasteiger charge is 2.47. The van der Waals surface area contributed by atoms with Crippen molar-refractivity contribution in [2.24, 2.45) is 4.99 Å². The number of thiophene rings is 1. The van der Waals surface area contributed by atoms with E-state index in [0.29, 0.717) is 18.1 Å². The van der Waals surface area contributed by atoms with Gasteiger partial charge < -0.3 is 0 Å². The molecule has 0 saturated heterocycles. The van der Waals surface area contributed by atoms with Crippen molar-refractivity contribution in [2.45, 2.75) is 30.6 Å². The van der Waals surface area contributed by atoms with Crippen LogP contribution in [0.3, 0.4) is 0 Å². The van der Waals surface area contributed by atoms with Crippen molar-refractivity contribution in [3.63, 3.8) is 0 Å². The summed E-state index contributed by atoms with van der Waals surface area (Å²) in [5.41, 5.74) is 1.49. The van der Waals surface area contributed by atoms with Crippen molar-refractivity contribution >= 4 is 40.6 Å². The molecule has 0 amide bonds. The first-order valence-electron chi connectivity index (χ1n) is 7.12. The first kappa shape index (κ1) is 13.2. The van der Waals surface area contributed by atoms with E-state index in [9.17, 15) is 4.79 Å². The number of carbonyl (C=O) groups is 1. The Morgan fingerprint density at radius 1 is 1.24 bits per heavy atom. The van der Waals surface area contributed by atoms with Gasteiger partial charge in [0.25, 0.3) is 0 Å². The zero-order chi connectivity index (χ0) is 14.4. The Bertz CT molecular complexity index is 751. The molecule has 1 fully saturated rings. The number of fused-ring (bicyclic) bond motifs is 2. The quantitative estimate of drug-likeness (QED) is 0.736. The number of aliphatic imine (C=N–C) groups is 1. The van der Waals surface area contributed by atoms with Crippen molar-refractivity contribution in [1.29, 1.82) is 0 Å². The minimum Gasteiger partial charge on any atom is -0.298 e. The topological polar surface area (TPSA) is 29.4 Å². The second kappa shape index (κ2) is 4.79. The second-order valence-corrected chi connectivity index (χ2v) is 7.50. The Kier molecular flexibility index (Phi) is 3.02. The van der Waals surface area contributed by atoms with E-state index in [-0.39, 0.29) is 0 Å². The van der Waals surface area contributed by atoms with Gasteiger partial charge >= 0.3 is 0 Å². The number of para-hydroxylation sites is 1. The zero-order valence-electron chi connectivity index (χ0n) is 11.4. The van der Waals surface area contributed by atoms with Gasteiger partial charge in [0.1, 0.15) is 5.78 Å². The molecule has 1 aliphatic carbocycles. The van der Waals surface area contributed by atoms with Gasteiger partial charge in [0, 0.05) is 17.5 Å². The summed E-state index contributed by atoms with van der Waals surface area (Å²) in [7, 11) is 0. The van der Waals surface area contributed by atoms with Gasteiger partial charge in [-0.1, -0.05) is 29.8 Å². The van der Waals surface area contributed by atoms with Gasteiger partial charge in [0.15, 0.2) is 0 Å². The Morgan fingerprint density at radius 2 is 2.10 bits per heavy atom. The van der Waals surface area contributed by atoms with Gasteiger partial charge in [-0.3, -0.25) is 9.79 Å². The number of nitrogens with zero attached hydrogens (tertiary/aromatic N) is 1. The minimum atomic E-state index is -0.518. The highest BCUT2D eigenvalue weighted by molar-refractivity contribution is 7.16. The maximum Gasteiger partial charge on any atom is 0.148 e. The molecular formula is C17H14ClNOS. The summed E-state index contributed by atoms with van der Waals surface area (Å²) >= 11 is 7.69. The SMILES string of the molecule is O=C1CCC(c2ccc(Cl)s2)CC12C=Nc1ccccc12. The number of Topliss-reactive ketones (excluding diaryl/α,β-unsaturated/α-hetero) is 1. The Hall–Kier alpha value is -1.45. The zero-order valence-corrected chi connectivity index (χ0v) is 13.0. The summed E-state index contributed by atoms with van der Waals surface area (Å²) in [6.45, 7) is 0. The molecule has 1 aromatic heterocycles. The minimum absolute atomic E-state index is 0.301. The van der Waals surface area contributed by atoms with Gasteiger partial charge in [0.05, 0.1) is 15.4 Å². The van der Waals surface area contributed by atoms with Crippen LogP contribution in [0.15, 0.2) is 41.4 Å². The monoisotopic (exact) mass is 315 g/mol. The molecule has 2 aromatic rings. The summed E-state index contributed by atoms with van der Waals surface area (Å²) in [6.07, 6.45) is 4.21. The molecule has 2 atom stereocenters. The molecule has 1 spiro atoms. The van der Waals surface area contributed by atoms with E-state index in [1.165, 1.54) is 4.88 Å². The van der Waals surface area contributed by atoms with E-state index in [0.717, 1.165) is 28.4 Å². The van der Waals surface area contributed by atoms with Crippen molar-refractivity contribution in [1.82, 2.24) is 0 Å². The van der Waals surface area contributed by atoms with E-state index in [2.05, 4.69) is 11.1 Å². The third-order valence-corrected chi connectivity index (χ3v) is 5.98. The molecule has 4 rings (SSSR count). The third-order valence-electron chi connectivity index (χ3n) is 4.59. The summed E-state index contributed by atoms with van der Waals surface area (Å²) in [6, 6.07) is 12.0. The molecule has 4 heteroatoms. The molecule has 0 bridgehead atoms. The van der Waals surface area contributed by atoms with Crippen LogP contribution in [0.2, 0.25) is 4.34 Å². The molecule has 2 nitrogen and oxygen atoms in total.